The van der Waals surface area contributed by atoms with Crippen molar-refractivity contribution in [1.82, 2.24) is 30.1 Å². The van der Waals surface area contributed by atoms with Crippen LogP contribution in [-0.4, -0.2) is 49.3 Å². The maximum absolute atomic E-state index is 16.6. The highest BCUT2D eigenvalue weighted by atomic mass is 35.5. The Bertz CT molecular complexity index is 1660. The van der Waals surface area contributed by atoms with E-state index in [9.17, 15) is 0 Å². The number of nitrogens with zero attached hydrogens (tertiary/aromatic N) is 6. The number of aromatic amines is 1. The van der Waals surface area contributed by atoms with Gasteiger partial charge in [0, 0.05) is 53.3 Å². The number of hydrogen-bond donors (Lipinski definition) is 1. The number of halogens is 2. The Morgan fingerprint density at radius 2 is 1.95 bits per heavy atom. The van der Waals surface area contributed by atoms with Crippen LogP contribution in [0, 0.1) is 18.7 Å². The average molecular weight is 546 g/mol. The molecule has 39 heavy (non-hydrogen) atoms. The number of H-pyrrole nitrogens is 1. The summed E-state index contributed by atoms with van der Waals surface area (Å²) in [6, 6.07) is 7.78. The molecule has 1 aliphatic rings. The summed E-state index contributed by atoms with van der Waals surface area (Å²) in [7, 11) is 0. The molecule has 0 amide bonds. The Morgan fingerprint density at radius 3 is 2.77 bits per heavy atom. The molecular formula is C29H29ClFN7O. The second kappa shape index (κ2) is 10.4. The third kappa shape index (κ3) is 4.76. The first kappa shape index (κ1) is 25.4. The van der Waals surface area contributed by atoms with Gasteiger partial charge in [-0.25, -0.2) is 14.4 Å². The summed E-state index contributed by atoms with van der Waals surface area (Å²) >= 11 is 6.86. The summed E-state index contributed by atoms with van der Waals surface area (Å²) in [6.45, 7) is 7.38. The van der Waals surface area contributed by atoms with E-state index in [1.54, 1.807) is 30.7 Å². The van der Waals surface area contributed by atoms with Gasteiger partial charge in [0.15, 0.2) is 5.82 Å². The van der Waals surface area contributed by atoms with Crippen molar-refractivity contribution >= 4 is 39.2 Å². The van der Waals surface area contributed by atoms with Crippen LogP contribution >= 0.6 is 11.6 Å². The molecule has 2 aromatic carbocycles. The number of aryl methyl sites for hydroxylation is 1. The van der Waals surface area contributed by atoms with Crippen LogP contribution in [0.5, 0.6) is 6.01 Å². The minimum Gasteiger partial charge on any atom is -0.463 e. The molecule has 0 unspecified atom stereocenters. The van der Waals surface area contributed by atoms with Crippen molar-refractivity contribution in [3.05, 3.63) is 65.1 Å². The zero-order valence-corrected chi connectivity index (χ0v) is 22.8. The molecule has 1 saturated heterocycles. The normalized spacial score (nSPS) is 17.7. The molecule has 0 radical (unpaired) electrons. The fourth-order valence-corrected chi connectivity index (χ4v) is 5.68. The van der Waals surface area contributed by atoms with E-state index >= 15 is 4.39 Å². The molecular weight excluding hydrogens is 517 g/mol. The van der Waals surface area contributed by atoms with E-state index in [1.165, 1.54) is 0 Å². The Morgan fingerprint density at radius 1 is 1.13 bits per heavy atom. The lowest BCUT2D eigenvalue weighted by Crippen LogP contribution is -2.41. The van der Waals surface area contributed by atoms with Gasteiger partial charge in [0.1, 0.15) is 17.2 Å². The number of rotatable bonds is 6. The largest absolute Gasteiger partial charge is 0.463 e. The zero-order valence-electron chi connectivity index (χ0n) is 22.1. The van der Waals surface area contributed by atoms with Gasteiger partial charge in [-0.15, -0.1) is 0 Å². The maximum atomic E-state index is 16.6. The first-order chi connectivity index (χ1) is 18.9. The van der Waals surface area contributed by atoms with Gasteiger partial charge in [-0.1, -0.05) is 30.7 Å². The predicted octanol–water partition coefficient (Wildman–Crippen LogP) is 6.31. The van der Waals surface area contributed by atoms with E-state index in [2.05, 4.69) is 43.9 Å². The summed E-state index contributed by atoms with van der Waals surface area (Å²) in [4.78, 5) is 20.1. The van der Waals surface area contributed by atoms with Gasteiger partial charge in [0.25, 0.3) is 0 Å². The fourth-order valence-electron chi connectivity index (χ4n) is 5.39. The third-order valence-electron chi connectivity index (χ3n) is 7.48. The van der Waals surface area contributed by atoms with E-state index in [4.69, 9.17) is 21.3 Å². The van der Waals surface area contributed by atoms with Crippen molar-refractivity contribution < 1.29 is 9.13 Å². The SMILES string of the molecule is Cc1ccc2cn[nH]c2c1-c1c(Cl)cc2c(N3C[C@@H](C)CC[C@@H]3C)nc(OCCc3ncccn3)nc2c1F. The third-order valence-corrected chi connectivity index (χ3v) is 7.78. The molecule has 3 aromatic heterocycles. The molecule has 1 aliphatic heterocycles. The van der Waals surface area contributed by atoms with Gasteiger partial charge in [0.05, 0.1) is 23.3 Å². The summed E-state index contributed by atoms with van der Waals surface area (Å²) < 4.78 is 22.6. The summed E-state index contributed by atoms with van der Waals surface area (Å²) in [6.07, 6.45) is 7.72. The Hall–Kier alpha value is -3.85. The molecule has 0 saturated carbocycles. The molecule has 2 atom stereocenters. The van der Waals surface area contributed by atoms with Crippen molar-refractivity contribution in [2.75, 3.05) is 18.1 Å². The molecule has 10 heteroatoms. The van der Waals surface area contributed by atoms with Crippen molar-refractivity contribution in [1.29, 1.82) is 0 Å². The van der Waals surface area contributed by atoms with Crippen LogP contribution in [0.25, 0.3) is 32.9 Å². The fraction of sp³-hybridized carbons (Fsp3) is 0.345. The second-order valence-corrected chi connectivity index (χ2v) is 10.7. The molecule has 0 spiro atoms. The molecule has 5 aromatic rings. The lowest BCUT2D eigenvalue weighted by atomic mass is 9.94. The zero-order chi connectivity index (χ0) is 27.1. The van der Waals surface area contributed by atoms with E-state index in [0.29, 0.717) is 40.0 Å². The Balaban J connectivity index is 1.50. The van der Waals surface area contributed by atoms with Crippen molar-refractivity contribution in [2.24, 2.45) is 5.92 Å². The summed E-state index contributed by atoms with van der Waals surface area (Å²) in [5.41, 5.74) is 2.72. The Kier molecular flexibility index (Phi) is 6.76. The number of hydrogen-bond acceptors (Lipinski definition) is 7. The molecule has 4 heterocycles. The highest BCUT2D eigenvalue weighted by Crippen LogP contribution is 2.42. The average Bonchev–Trinajstić information content (AvgIpc) is 3.41. The number of nitrogens with one attached hydrogen (secondary N) is 1. The second-order valence-electron chi connectivity index (χ2n) is 10.3. The molecule has 1 fully saturated rings. The number of ether oxygens (including phenoxy) is 1. The Labute approximate surface area is 230 Å². The number of benzene rings is 2. The minimum atomic E-state index is -0.514. The van der Waals surface area contributed by atoms with Crippen LogP contribution in [0.4, 0.5) is 10.2 Å². The van der Waals surface area contributed by atoms with Gasteiger partial charge >= 0.3 is 6.01 Å². The van der Waals surface area contributed by atoms with E-state index in [1.807, 2.05) is 19.1 Å². The van der Waals surface area contributed by atoms with Crippen LogP contribution in [-0.2, 0) is 6.42 Å². The lowest BCUT2D eigenvalue weighted by Gasteiger charge is -2.38. The predicted molar refractivity (Wildman–Crippen MR) is 151 cm³/mol. The molecule has 6 rings (SSSR count). The number of anilines is 1. The highest BCUT2D eigenvalue weighted by Gasteiger charge is 2.29. The van der Waals surface area contributed by atoms with Gasteiger partial charge in [-0.05, 0) is 50.3 Å². The standard InChI is InChI=1S/C29H29ClFN7O/c1-16-5-7-18(3)38(15-16)28-20-13-21(30)24(23-17(2)6-8-19-14-34-37-26(19)23)25(31)27(20)35-29(36-28)39-12-9-22-32-10-4-11-33-22/h4,6,8,10-11,13-14,16,18H,5,7,9,12,15H2,1-3H3,(H,34,37)/t16-,18-/m0/s1. The first-order valence-electron chi connectivity index (χ1n) is 13.2. The summed E-state index contributed by atoms with van der Waals surface area (Å²) in [5, 5.41) is 8.90. The van der Waals surface area contributed by atoms with E-state index in [-0.39, 0.29) is 29.7 Å². The highest BCUT2D eigenvalue weighted by molar-refractivity contribution is 6.35. The number of aromatic nitrogens is 6. The maximum Gasteiger partial charge on any atom is 0.319 e. The van der Waals surface area contributed by atoms with Crippen LogP contribution in [0.1, 0.15) is 38.1 Å². The van der Waals surface area contributed by atoms with Crippen molar-refractivity contribution in [3.8, 4) is 17.1 Å². The summed E-state index contributed by atoms with van der Waals surface area (Å²) in [5.74, 6) is 1.25. The molecule has 1 N–H and O–H groups in total. The smallest absolute Gasteiger partial charge is 0.319 e. The topological polar surface area (TPSA) is 92.7 Å². The van der Waals surface area contributed by atoms with E-state index < -0.39 is 5.82 Å². The minimum absolute atomic E-state index is 0.113. The van der Waals surface area contributed by atoms with Crippen LogP contribution in [0.3, 0.4) is 0 Å². The van der Waals surface area contributed by atoms with E-state index in [0.717, 1.165) is 35.9 Å². The number of fused-ring (bicyclic) bond motifs is 2. The monoisotopic (exact) mass is 545 g/mol. The van der Waals surface area contributed by atoms with Crippen molar-refractivity contribution in [3.63, 3.8) is 0 Å². The lowest BCUT2D eigenvalue weighted by molar-refractivity contribution is 0.294. The molecule has 0 aliphatic carbocycles. The van der Waals surface area contributed by atoms with Crippen LogP contribution in [0.15, 0.2) is 42.9 Å². The van der Waals surface area contributed by atoms with Gasteiger partial charge in [-0.2, -0.15) is 15.1 Å². The van der Waals surface area contributed by atoms with Gasteiger partial charge < -0.3 is 9.64 Å². The molecule has 0 bridgehead atoms. The van der Waals surface area contributed by atoms with Gasteiger partial charge in [0.2, 0.25) is 0 Å². The first-order valence-corrected chi connectivity index (χ1v) is 13.6. The molecule has 8 nitrogen and oxygen atoms in total. The van der Waals surface area contributed by atoms with Crippen molar-refractivity contribution in [2.45, 2.75) is 46.1 Å². The van der Waals surface area contributed by atoms with Crippen LogP contribution in [0.2, 0.25) is 5.02 Å². The molecule has 200 valence electrons. The van der Waals surface area contributed by atoms with Gasteiger partial charge in [-0.3, -0.25) is 5.10 Å². The number of piperidine rings is 1. The quantitative estimate of drug-likeness (QED) is 0.267. The van der Waals surface area contributed by atoms with Crippen LogP contribution < -0.4 is 9.64 Å².